The highest BCUT2D eigenvalue weighted by Gasteiger charge is 2.23. The van der Waals surface area contributed by atoms with Crippen molar-refractivity contribution >= 4 is 15.9 Å². The first-order chi connectivity index (χ1) is 9.58. The van der Waals surface area contributed by atoms with E-state index < -0.39 is 0 Å². The molecule has 1 aliphatic rings. The van der Waals surface area contributed by atoms with E-state index in [4.69, 9.17) is 4.74 Å². The van der Waals surface area contributed by atoms with E-state index in [1.165, 1.54) is 24.8 Å². The van der Waals surface area contributed by atoms with E-state index in [2.05, 4.69) is 47.2 Å². The number of benzene rings is 1. The molecule has 1 aliphatic carbocycles. The fourth-order valence-corrected chi connectivity index (χ4v) is 3.15. The lowest BCUT2D eigenvalue weighted by molar-refractivity contribution is 0.370. The van der Waals surface area contributed by atoms with Crippen molar-refractivity contribution in [2.45, 2.75) is 45.6 Å². The van der Waals surface area contributed by atoms with Crippen LogP contribution in [0.25, 0.3) is 0 Å². The maximum Gasteiger partial charge on any atom is 0.122 e. The summed E-state index contributed by atoms with van der Waals surface area (Å²) in [5.74, 6) is 2.42. The Balaban J connectivity index is 2.02. The molecule has 3 heteroatoms. The molecule has 1 aromatic carbocycles. The average molecular weight is 340 g/mol. The van der Waals surface area contributed by atoms with Gasteiger partial charge in [-0.05, 0) is 67.8 Å². The van der Waals surface area contributed by atoms with Gasteiger partial charge >= 0.3 is 0 Å². The normalized spacial score (nSPS) is 16.4. The maximum absolute atomic E-state index is 5.50. The fourth-order valence-electron chi connectivity index (χ4n) is 2.74. The van der Waals surface area contributed by atoms with Crippen LogP contribution in [0.4, 0.5) is 0 Å². The second kappa shape index (κ2) is 7.46. The summed E-state index contributed by atoms with van der Waals surface area (Å²) in [7, 11) is 1.76. The second-order valence-electron chi connectivity index (χ2n) is 6.34. The molecule has 1 unspecified atom stereocenters. The van der Waals surface area contributed by atoms with Crippen LogP contribution in [-0.4, -0.2) is 19.7 Å². The lowest BCUT2D eigenvalue weighted by Gasteiger charge is -2.21. The molecule has 0 amide bonds. The summed E-state index contributed by atoms with van der Waals surface area (Å²) in [6.07, 6.45) is 5.05. The van der Waals surface area contributed by atoms with Crippen molar-refractivity contribution in [2.75, 3.05) is 13.7 Å². The van der Waals surface area contributed by atoms with Crippen LogP contribution < -0.4 is 10.1 Å². The molecule has 0 bridgehead atoms. The molecule has 0 saturated heterocycles. The fraction of sp³-hybridized carbons (Fsp3) is 0.647. The van der Waals surface area contributed by atoms with Gasteiger partial charge in [-0.1, -0.05) is 29.8 Å². The molecule has 20 heavy (non-hydrogen) atoms. The first-order valence-corrected chi connectivity index (χ1v) is 8.43. The van der Waals surface area contributed by atoms with Crippen LogP contribution >= 0.6 is 15.9 Å². The number of methoxy groups -OCH3 is 1. The lowest BCUT2D eigenvalue weighted by Crippen LogP contribution is -2.27. The standard InChI is InChI=1S/C17H26BrNO/c1-12(2)8-13(11-19-16-5-6-16)9-14-10-15(18)4-7-17(14)20-3/h4,7,10,12-13,16,19H,5-6,8-9,11H2,1-3H3. The van der Waals surface area contributed by atoms with Gasteiger partial charge in [0.15, 0.2) is 0 Å². The van der Waals surface area contributed by atoms with Crippen molar-refractivity contribution in [3.8, 4) is 5.75 Å². The Hall–Kier alpha value is -0.540. The minimum Gasteiger partial charge on any atom is -0.496 e. The van der Waals surface area contributed by atoms with Crippen molar-refractivity contribution in [3.05, 3.63) is 28.2 Å². The highest BCUT2D eigenvalue weighted by atomic mass is 79.9. The highest BCUT2D eigenvalue weighted by Crippen LogP contribution is 2.28. The largest absolute Gasteiger partial charge is 0.496 e. The van der Waals surface area contributed by atoms with E-state index in [0.717, 1.165) is 35.1 Å². The van der Waals surface area contributed by atoms with Crippen LogP contribution in [0.3, 0.4) is 0 Å². The summed E-state index contributed by atoms with van der Waals surface area (Å²) in [4.78, 5) is 0. The molecular formula is C17H26BrNO. The summed E-state index contributed by atoms with van der Waals surface area (Å²) >= 11 is 3.57. The van der Waals surface area contributed by atoms with Crippen LogP contribution in [0, 0.1) is 11.8 Å². The molecule has 2 rings (SSSR count). The van der Waals surface area contributed by atoms with E-state index in [-0.39, 0.29) is 0 Å². The first kappa shape index (κ1) is 15.8. The average Bonchev–Trinajstić information content (AvgIpc) is 3.19. The quantitative estimate of drug-likeness (QED) is 0.757. The molecule has 1 fully saturated rings. The van der Waals surface area contributed by atoms with E-state index in [0.29, 0.717) is 5.92 Å². The Kier molecular flexibility index (Phi) is 5.91. The Labute approximate surface area is 131 Å². The van der Waals surface area contributed by atoms with Gasteiger partial charge in [0.05, 0.1) is 7.11 Å². The second-order valence-corrected chi connectivity index (χ2v) is 7.25. The molecule has 1 N–H and O–H groups in total. The van der Waals surface area contributed by atoms with Gasteiger partial charge in [0.2, 0.25) is 0 Å². The summed E-state index contributed by atoms with van der Waals surface area (Å²) in [5.41, 5.74) is 1.31. The van der Waals surface area contributed by atoms with Crippen molar-refractivity contribution in [3.63, 3.8) is 0 Å². The number of nitrogens with one attached hydrogen (secondary N) is 1. The molecule has 1 atom stereocenters. The molecule has 0 radical (unpaired) electrons. The van der Waals surface area contributed by atoms with E-state index in [1.807, 2.05) is 6.07 Å². The number of hydrogen-bond donors (Lipinski definition) is 1. The van der Waals surface area contributed by atoms with Gasteiger partial charge in [0.25, 0.3) is 0 Å². The van der Waals surface area contributed by atoms with Crippen molar-refractivity contribution in [1.82, 2.24) is 5.32 Å². The predicted octanol–water partition coefficient (Wildman–Crippen LogP) is 4.41. The summed E-state index contributed by atoms with van der Waals surface area (Å²) in [6, 6.07) is 7.08. The van der Waals surface area contributed by atoms with Gasteiger partial charge in [-0.15, -0.1) is 0 Å². The molecule has 112 valence electrons. The van der Waals surface area contributed by atoms with Gasteiger partial charge in [-0.2, -0.15) is 0 Å². The minimum atomic E-state index is 0.679. The Morgan fingerprint density at radius 3 is 2.70 bits per heavy atom. The smallest absolute Gasteiger partial charge is 0.122 e. The number of rotatable bonds is 8. The predicted molar refractivity (Wildman–Crippen MR) is 88.4 cm³/mol. The van der Waals surface area contributed by atoms with Gasteiger partial charge in [0, 0.05) is 10.5 Å². The Bertz CT molecular complexity index is 429. The third-order valence-corrected chi connectivity index (χ3v) is 4.32. The SMILES string of the molecule is COc1ccc(Br)cc1CC(CNC1CC1)CC(C)C. The van der Waals surface area contributed by atoms with Gasteiger partial charge < -0.3 is 10.1 Å². The van der Waals surface area contributed by atoms with Crippen molar-refractivity contribution in [1.29, 1.82) is 0 Å². The highest BCUT2D eigenvalue weighted by molar-refractivity contribution is 9.10. The monoisotopic (exact) mass is 339 g/mol. The van der Waals surface area contributed by atoms with Crippen LogP contribution in [0.1, 0.15) is 38.7 Å². The first-order valence-electron chi connectivity index (χ1n) is 7.64. The van der Waals surface area contributed by atoms with E-state index in [1.54, 1.807) is 7.11 Å². The molecule has 1 saturated carbocycles. The molecule has 1 aromatic rings. The summed E-state index contributed by atoms with van der Waals surface area (Å²) in [5, 5.41) is 3.68. The lowest BCUT2D eigenvalue weighted by atomic mass is 9.90. The summed E-state index contributed by atoms with van der Waals surface area (Å²) < 4.78 is 6.63. The van der Waals surface area contributed by atoms with Crippen molar-refractivity contribution in [2.24, 2.45) is 11.8 Å². The molecule has 0 aliphatic heterocycles. The zero-order valence-electron chi connectivity index (χ0n) is 12.8. The number of halogens is 1. The third kappa shape index (κ3) is 5.10. The van der Waals surface area contributed by atoms with Gasteiger partial charge in [-0.25, -0.2) is 0 Å². The minimum absolute atomic E-state index is 0.679. The van der Waals surface area contributed by atoms with E-state index in [9.17, 15) is 0 Å². The molecular weight excluding hydrogens is 314 g/mol. The molecule has 0 heterocycles. The topological polar surface area (TPSA) is 21.3 Å². The summed E-state index contributed by atoms with van der Waals surface area (Å²) in [6.45, 7) is 5.74. The molecule has 2 nitrogen and oxygen atoms in total. The van der Waals surface area contributed by atoms with Crippen LogP contribution in [0.5, 0.6) is 5.75 Å². The van der Waals surface area contributed by atoms with Gasteiger partial charge in [0.1, 0.15) is 5.75 Å². The zero-order valence-corrected chi connectivity index (χ0v) is 14.4. The van der Waals surface area contributed by atoms with Crippen molar-refractivity contribution < 1.29 is 4.74 Å². The van der Waals surface area contributed by atoms with E-state index >= 15 is 0 Å². The Morgan fingerprint density at radius 2 is 2.10 bits per heavy atom. The molecule has 0 aromatic heterocycles. The van der Waals surface area contributed by atoms with Crippen LogP contribution in [-0.2, 0) is 6.42 Å². The van der Waals surface area contributed by atoms with Gasteiger partial charge in [-0.3, -0.25) is 0 Å². The third-order valence-electron chi connectivity index (χ3n) is 3.83. The van der Waals surface area contributed by atoms with Crippen LogP contribution in [0.2, 0.25) is 0 Å². The van der Waals surface area contributed by atoms with Crippen LogP contribution in [0.15, 0.2) is 22.7 Å². The number of ether oxygens (including phenoxy) is 1. The molecule has 0 spiro atoms. The number of hydrogen-bond acceptors (Lipinski definition) is 2. The zero-order chi connectivity index (χ0) is 14.5. The maximum atomic E-state index is 5.50. The Morgan fingerprint density at radius 1 is 1.35 bits per heavy atom.